The first kappa shape index (κ1) is 34.0. The molecule has 2 aliphatic rings. The Balaban J connectivity index is 1.09. The monoisotopic (exact) mass is 680 g/mol. The number of carbonyl (C=O) groups is 1. The van der Waals surface area contributed by atoms with Crippen LogP contribution in [-0.2, 0) is 24.3 Å². The van der Waals surface area contributed by atoms with Crippen LogP contribution in [0.4, 0.5) is 24.9 Å². The van der Waals surface area contributed by atoms with Gasteiger partial charge in [-0.05, 0) is 74.8 Å². The standard InChI is InChI=1S/C35H43F3N8OS/c1-20(2)31(47)44-34(4)14-22(15-34)18-46-25(17-39)12-27-21(3)23(6-7-29(27)46)19-45-10-8-24(9-11-45)41-30-28-13-26(16-35(36,37)38)48-32(28)43-33(40-5)42-30/h6-7,12-13,20,22,24H,8-11,14-16,18-19H2,1-5H3,(H,44,47)(H2,40,41,42,43). The van der Waals surface area contributed by atoms with Crippen molar-refractivity contribution in [2.24, 2.45) is 11.8 Å². The van der Waals surface area contributed by atoms with Gasteiger partial charge in [-0.1, -0.05) is 19.9 Å². The molecule has 13 heteroatoms. The van der Waals surface area contributed by atoms with Crippen LogP contribution in [0.15, 0.2) is 24.3 Å². The Morgan fingerprint density at radius 2 is 1.90 bits per heavy atom. The zero-order valence-corrected chi connectivity index (χ0v) is 28.9. The number of rotatable bonds is 10. The predicted molar refractivity (Wildman–Crippen MR) is 184 cm³/mol. The number of piperidine rings is 1. The summed E-state index contributed by atoms with van der Waals surface area (Å²) in [6, 6.07) is 10.4. The second kappa shape index (κ2) is 13.2. The van der Waals surface area contributed by atoms with E-state index in [2.05, 4.69) is 67.4 Å². The van der Waals surface area contributed by atoms with Crippen molar-refractivity contribution in [3.8, 4) is 6.07 Å². The highest BCUT2D eigenvalue weighted by Crippen LogP contribution is 2.40. The number of anilines is 2. The lowest BCUT2D eigenvalue weighted by atomic mass is 9.69. The molecule has 3 aromatic heterocycles. The van der Waals surface area contributed by atoms with E-state index in [1.807, 2.05) is 19.9 Å². The van der Waals surface area contributed by atoms with Gasteiger partial charge in [-0.25, -0.2) is 4.98 Å². The van der Waals surface area contributed by atoms with E-state index in [9.17, 15) is 23.2 Å². The van der Waals surface area contributed by atoms with Crippen molar-refractivity contribution in [2.75, 3.05) is 30.8 Å². The fraction of sp³-hybridized carbons (Fsp3) is 0.543. The molecule has 1 aromatic carbocycles. The van der Waals surface area contributed by atoms with E-state index in [0.29, 0.717) is 33.6 Å². The molecule has 1 aliphatic heterocycles. The summed E-state index contributed by atoms with van der Waals surface area (Å²) in [5.41, 5.74) is 3.96. The summed E-state index contributed by atoms with van der Waals surface area (Å²) in [7, 11) is 1.70. The molecule has 48 heavy (non-hydrogen) atoms. The van der Waals surface area contributed by atoms with Crippen molar-refractivity contribution >= 4 is 50.1 Å². The highest BCUT2D eigenvalue weighted by molar-refractivity contribution is 7.18. The molecule has 1 saturated carbocycles. The van der Waals surface area contributed by atoms with E-state index >= 15 is 0 Å². The van der Waals surface area contributed by atoms with Crippen LogP contribution in [-0.4, -0.2) is 63.2 Å². The average Bonchev–Trinajstić information content (AvgIpc) is 3.58. The highest BCUT2D eigenvalue weighted by atomic mass is 32.1. The quantitative estimate of drug-likeness (QED) is 0.166. The van der Waals surface area contributed by atoms with Gasteiger partial charge < -0.3 is 20.5 Å². The van der Waals surface area contributed by atoms with Crippen molar-refractivity contribution in [1.82, 2.24) is 24.8 Å². The number of fused-ring (bicyclic) bond motifs is 2. The van der Waals surface area contributed by atoms with E-state index < -0.39 is 12.6 Å². The van der Waals surface area contributed by atoms with E-state index in [0.717, 1.165) is 74.1 Å². The van der Waals surface area contributed by atoms with Gasteiger partial charge in [-0.2, -0.15) is 23.4 Å². The van der Waals surface area contributed by atoms with Crippen LogP contribution in [0.3, 0.4) is 0 Å². The Kier molecular flexibility index (Phi) is 9.34. The molecule has 256 valence electrons. The maximum Gasteiger partial charge on any atom is 0.393 e. The number of nitriles is 1. The van der Waals surface area contributed by atoms with Crippen LogP contribution in [0.2, 0.25) is 0 Å². The number of halogens is 3. The van der Waals surface area contributed by atoms with Crippen LogP contribution in [0.5, 0.6) is 0 Å². The molecule has 0 unspecified atom stereocenters. The summed E-state index contributed by atoms with van der Waals surface area (Å²) >= 11 is 1.05. The zero-order valence-electron chi connectivity index (χ0n) is 28.1. The lowest BCUT2D eigenvalue weighted by Crippen LogP contribution is -2.56. The number of nitrogens with zero attached hydrogens (tertiary/aromatic N) is 5. The zero-order chi connectivity index (χ0) is 34.4. The maximum absolute atomic E-state index is 13.1. The molecule has 1 amide bonds. The Labute approximate surface area is 282 Å². The lowest BCUT2D eigenvalue weighted by molar-refractivity contribution is -0.128. The summed E-state index contributed by atoms with van der Waals surface area (Å²) in [5.74, 6) is 1.38. The van der Waals surface area contributed by atoms with Crippen LogP contribution in [0.25, 0.3) is 21.1 Å². The fourth-order valence-corrected chi connectivity index (χ4v) is 8.33. The highest BCUT2D eigenvalue weighted by Gasteiger charge is 2.42. The summed E-state index contributed by atoms with van der Waals surface area (Å²) in [4.78, 5) is 24.4. The van der Waals surface area contributed by atoms with Gasteiger partial charge in [0.2, 0.25) is 11.9 Å². The number of thiophene rings is 1. The van der Waals surface area contributed by atoms with Gasteiger partial charge in [-0.15, -0.1) is 11.3 Å². The van der Waals surface area contributed by atoms with Gasteiger partial charge in [0, 0.05) is 66.5 Å². The fourth-order valence-electron chi connectivity index (χ4n) is 7.28. The van der Waals surface area contributed by atoms with Gasteiger partial charge in [-0.3, -0.25) is 9.69 Å². The third-order valence-corrected chi connectivity index (χ3v) is 10.8. The number of aromatic nitrogens is 3. The van der Waals surface area contributed by atoms with E-state index in [1.54, 1.807) is 13.1 Å². The third kappa shape index (κ3) is 7.25. The molecule has 3 N–H and O–H groups in total. The van der Waals surface area contributed by atoms with Gasteiger partial charge in [0.05, 0.1) is 11.8 Å². The van der Waals surface area contributed by atoms with Crippen molar-refractivity contribution in [3.63, 3.8) is 0 Å². The Morgan fingerprint density at radius 1 is 1.17 bits per heavy atom. The molecular formula is C35H43F3N8OS. The predicted octanol–water partition coefficient (Wildman–Crippen LogP) is 6.99. The van der Waals surface area contributed by atoms with Crippen molar-refractivity contribution < 1.29 is 18.0 Å². The normalized spacial score (nSPS) is 20.6. The largest absolute Gasteiger partial charge is 0.393 e. The van der Waals surface area contributed by atoms with Crippen LogP contribution < -0.4 is 16.0 Å². The number of benzene rings is 1. The molecule has 1 saturated heterocycles. The van der Waals surface area contributed by atoms with Crippen molar-refractivity contribution in [2.45, 2.75) is 90.6 Å². The Bertz CT molecular complexity index is 1860. The van der Waals surface area contributed by atoms with Gasteiger partial charge >= 0.3 is 6.18 Å². The number of nitrogens with one attached hydrogen (secondary N) is 3. The summed E-state index contributed by atoms with van der Waals surface area (Å²) in [6.45, 7) is 11.3. The molecule has 6 rings (SSSR count). The average molecular weight is 681 g/mol. The number of amides is 1. The topological polar surface area (TPSA) is 111 Å². The van der Waals surface area contributed by atoms with Crippen LogP contribution >= 0.6 is 11.3 Å². The molecule has 0 radical (unpaired) electrons. The smallest absolute Gasteiger partial charge is 0.367 e. The number of hydrogen-bond donors (Lipinski definition) is 3. The first-order valence-electron chi connectivity index (χ1n) is 16.6. The summed E-state index contributed by atoms with van der Waals surface area (Å²) in [6.07, 6.45) is -1.74. The molecule has 1 aliphatic carbocycles. The van der Waals surface area contributed by atoms with Gasteiger partial charge in [0.1, 0.15) is 22.4 Å². The molecule has 0 spiro atoms. The van der Waals surface area contributed by atoms with E-state index in [-0.39, 0.29) is 28.3 Å². The molecule has 9 nitrogen and oxygen atoms in total. The van der Waals surface area contributed by atoms with Crippen molar-refractivity contribution in [1.29, 1.82) is 5.26 Å². The number of carbonyl (C=O) groups excluding carboxylic acids is 1. The molecule has 0 bridgehead atoms. The minimum atomic E-state index is -4.28. The van der Waals surface area contributed by atoms with Crippen LogP contribution in [0.1, 0.15) is 68.2 Å². The number of alkyl halides is 3. The molecule has 4 aromatic rings. The van der Waals surface area contributed by atoms with Gasteiger partial charge in [0.15, 0.2) is 0 Å². The number of hydrogen-bond acceptors (Lipinski definition) is 8. The molecular weight excluding hydrogens is 638 g/mol. The van der Waals surface area contributed by atoms with Crippen molar-refractivity contribution in [3.05, 3.63) is 46.0 Å². The van der Waals surface area contributed by atoms with Crippen LogP contribution in [0, 0.1) is 30.1 Å². The summed E-state index contributed by atoms with van der Waals surface area (Å²) in [5, 5.41) is 21.3. The first-order valence-corrected chi connectivity index (χ1v) is 17.4. The SMILES string of the molecule is CNc1nc(NC2CCN(Cc3ccc4c(cc(C#N)n4CC4CC(C)(NC(=O)C(C)C)C4)c3C)CC2)c2cc(CC(F)(F)F)sc2n1. The van der Waals surface area contributed by atoms with Gasteiger partial charge in [0.25, 0.3) is 0 Å². The minimum Gasteiger partial charge on any atom is -0.367 e. The Hall–Kier alpha value is -3.89. The third-order valence-electron chi connectivity index (χ3n) is 9.81. The molecule has 4 heterocycles. The second-order valence-corrected chi connectivity index (χ2v) is 15.2. The Morgan fingerprint density at radius 3 is 2.54 bits per heavy atom. The minimum absolute atomic E-state index is 0.0423. The maximum atomic E-state index is 13.1. The van der Waals surface area contributed by atoms with E-state index in [4.69, 9.17) is 0 Å². The number of aryl methyl sites for hydroxylation is 1. The second-order valence-electron chi connectivity index (χ2n) is 14.1. The van der Waals surface area contributed by atoms with E-state index in [1.165, 1.54) is 11.1 Å². The first-order chi connectivity index (χ1) is 22.7. The number of likely N-dealkylation sites (tertiary alicyclic amines) is 1. The lowest BCUT2D eigenvalue weighted by Gasteiger charge is -2.46. The molecule has 0 atom stereocenters. The molecule has 2 fully saturated rings. The summed E-state index contributed by atoms with van der Waals surface area (Å²) < 4.78 is 41.3.